The molecule has 0 unspecified atom stereocenters. The van der Waals surface area contributed by atoms with Gasteiger partial charge in [0.25, 0.3) is 0 Å². The van der Waals surface area contributed by atoms with Crippen LogP contribution in [0.1, 0.15) is 32.1 Å². The third kappa shape index (κ3) is 4.46. The van der Waals surface area contributed by atoms with Crippen LogP contribution in [0, 0.1) is 11.8 Å². The summed E-state index contributed by atoms with van der Waals surface area (Å²) in [5.74, 6) is 1.91. The van der Waals surface area contributed by atoms with Gasteiger partial charge in [0.05, 0.1) is 0 Å². The van der Waals surface area contributed by atoms with E-state index in [9.17, 15) is 4.79 Å². The van der Waals surface area contributed by atoms with E-state index in [-0.39, 0.29) is 12.5 Å². The number of amides is 1. The maximum absolute atomic E-state index is 11.7. The number of likely N-dealkylation sites (tertiary alicyclic amines) is 2. The summed E-state index contributed by atoms with van der Waals surface area (Å²) in [6.45, 7) is 4.62. The fourth-order valence-corrected chi connectivity index (χ4v) is 3.40. The van der Waals surface area contributed by atoms with Crippen LogP contribution in [0.2, 0.25) is 0 Å². The van der Waals surface area contributed by atoms with E-state index in [2.05, 4.69) is 11.9 Å². The van der Waals surface area contributed by atoms with E-state index < -0.39 is 0 Å². The number of methoxy groups -OCH3 is 1. The van der Waals surface area contributed by atoms with Gasteiger partial charge < -0.3 is 14.5 Å². The van der Waals surface area contributed by atoms with E-state index in [0.717, 1.165) is 24.9 Å². The number of carbonyl (C=O) groups excluding carboxylic acids is 1. The molecule has 0 radical (unpaired) electrons. The van der Waals surface area contributed by atoms with Crippen molar-refractivity contribution in [1.82, 2.24) is 9.80 Å². The molecule has 2 heterocycles. The van der Waals surface area contributed by atoms with Crippen LogP contribution < -0.4 is 0 Å². The Bertz CT molecular complexity index is 280. The molecule has 2 fully saturated rings. The minimum atomic E-state index is 0.153. The van der Waals surface area contributed by atoms with Crippen molar-refractivity contribution in [2.75, 3.05) is 46.9 Å². The van der Waals surface area contributed by atoms with Crippen LogP contribution in [0.3, 0.4) is 0 Å². The van der Waals surface area contributed by atoms with Gasteiger partial charge in [0.1, 0.15) is 6.61 Å². The third-order valence-electron chi connectivity index (χ3n) is 4.74. The first-order chi connectivity index (χ1) is 9.19. The van der Waals surface area contributed by atoms with Crippen molar-refractivity contribution < 1.29 is 9.53 Å². The number of carbonyl (C=O) groups is 1. The number of rotatable bonds is 4. The lowest BCUT2D eigenvalue weighted by atomic mass is 9.83. The zero-order valence-corrected chi connectivity index (χ0v) is 12.4. The topological polar surface area (TPSA) is 32.8 Å². The van der Waals surface area contributed by atoms with Gasteiger partial charge in [0.2, 0.25) is 5.91 Å². The predicted octanol–water partition coefficient (Wildman–Crippen LogP) is 1.60. The van der Waals surface area contributed by atoms with Crippen molar-refractivity contribution in [2.45, 2.75) is 32.1 Å². The van der Waals surface area contributed by atoms with E-state index in [1.54, 1.807) is 7.11 Å². The summed E-state index contributed by atoms with van der Waals surface area (Å²) in [4.78, 5) is 16.1. The molecule has 2 saturated heterocycles. The molecule has 19 heavy (non-hydrogen) atoms. The zero-order chi connectivity index (χ0) is 13.7. The van der Waals surface area contributed by atoms with Gasteiger partial charge in [-0.15, -0.1) is 0 Å². The first-order valence-electron chi connectivity index (χ1n) is 7.64. The SMILES string of the molecule is COCC(=O)N1CCC(CC2CCN(C)CC2)CC1. The van der Waals surface area contributed by atoms with Gasteiger partial charge in [-0.05, 0) is 64.1 Å². The largest absolute Gasteiger partial charge is 0.375 e. The lowest BCUT2D eigenvalue weighted by molar-refractivity contribution is -0.136. The molecule has 0 bridgehead atoms. The van der Waals surface area contributed by atoms with E-state index >= 15 is 0 Å². The van der Waals surface area contributed by atoms with Gasteiger partial charge in [0, 0.05) is 20.2 Å². The first-order valence-corrected chi connectivity index (χ1v) is 7.64. The number of hydrogen-bond donors (Lipinski definition) is 0. The highest BCUT2D eigenvalue weighted by atomic mass is 16.5. The fourth-order valence-electron chi connectivity index (χ4n) is 3.40. The molecule has 4 nitrogen and oxygen atoms in total. The fraction of sp³-hybridized carbons (Fsp3) is 0.933. The van der Waals surface area contributed by atoms with E-state index in [1.807, 2.05) is 4.90 Å². The summed E-state index contributed by atoms with van der Waals surface area (Å²) in [7, 11) is 3.81. The van der Waals surface area contributed by atoms with Gasteiger partial charge in [-0.25, -0.2) is 0 Å². The highest BCUT2D eigenvalue weighted by Crippen LogP contribution is 2.29. The molecular weight excluding hydrogens is 240 g/mol. The smallest absolute Gasteiger partial charge is 0.248 e. The average molecular weight is 268 g/mol. The molecule has 110 valence electrons. The Morgan fingerprint density at radius 2 is 1.58 bits per heavy atom. The summed E-state index contributed by atoms with van der Waals surface area (Å²) in [6, 6.07) is 0. The van der Waals surface area contributed by atoms with Crippen molar-refractivity contribution >= 4 is 5.91 Å². The molecule has 2 aliphatic heterocycles. The first kappa shape index (κ1) is 14.8. The monoisotopic (exact) mass is 268 g/mol. The van der Waals surface area contributed by atoms with Crippen molar-refractivity contribution in [2.24, 2.45) is 11.8 Å². The molecule has 1 amide bonds. The summed E-state index contributed by atoms with van der Waals surface area (Å²) >= 11 is 0. The van der Waals surface area contributed by atoms with Crippen LogP contribution in [0.15, 0.2) is 0 Å². The maximum atomic E-state index is 11.7. The molecule has 2 aliphatic rings. The average Bonchev–Trinajstić information content (AvgIpc) is 2.42. The second-order valence-corrected chi connectivity index (χ2v) is 6.24. The highest BCUT2D eigenvalue weighted by molar-refractivity contribution is 5.77. The lowest BCUT2D eigenvalue weighted by Gasteiger charge is -2.35. The summed E-state index contributed by atoms with van der Waals surface area (Å²) < 4.78 is 4.92. The van der Waals surface area contributed by atoms with Gasteiger partial charge in [-0.3, -0.25) is 4.79 Å². The summed E-state index contributed by atoms with van der Waals surface area (Å²) in [5, 5.41) is 0. The molecule has 0 N–H and O–H groups in total. The molecule has 2 rings (SSSR count). The lowest BCUT2D eigenvalue weighted by Crippen LogP contribution is -2.41. The molecular formula is C15H28N2O2. The molecule has 0 aliphatic carbocycles. The molecule has 0 aromatic rings. The van der Waals surface area contributed by atoms with Crippen LogP contribution in [-0.2, 0) is 9.53 Å². The van der Waals surface area contributed by atoms with Crippen LogP contribution in [-0.4, -0.2) is 62.7 Å². The Kier molecular flexibility index (Phi) is 5.64. The van der Waals surface area contributed by atoms with Gasteiger partial charge in [0.15, 0.2) is 0 Å². The molecule has 0 aromatic carbocycles. The van der Waals surface area contributed by atoms with Crippen molar-refractivity contribution in [3.63, 3.8) is 0 Å². The highest BCUT2D eigenvalue weighted by Gasteiger charge is 2.26. The van der Waals surface area contributed by atoms with Crippen LogP contribution >= 0.6 is 0 Å². The van der Waals surface area contributed by atoms with Crippen LogP contribution in [0.25, 0.3) is 0 Å². The number of ether oxygens (including phenoxy) is 1. The number of nitrogens with zero attached hydrogens (tertiary/aromatic N) is 2. The minimum Gasteiger partial charge on any atom is -0.375 e. The second kappa shape index (κ2) is 7.25. The van der Waals surface area contributed by atoms with Crippen molar-refractivity contribution in [3.8, 4) is 0 Å². The molecule has 0 saturated carbocycles. The second-order valence-electron chi connectivity index (χ2n) is 6.24. The summed E-state index contributed by atoms with van der Waals surface area (Å²) in [5.41, 5.74) is 0. The minimum absolute atomic E-state index is 0.153. The van der Waals surface area contributed by atoms with E-state index in [1.165, 1.54) is 45.2 Å². The Labute approximate surface area is 117 Å². The molecule has 0 spiro atoms. The van der Waals surface area contributed by atoms with Crippen LogP contribution in [0.5, 0.6) is 0 Å². The molecule has 0 aromatic heterocycles. The number of hydrogen-bond acceptors (Lipinski definition) is 3. The Morgan fingerprint density at radius 1 is 1.05 bits per heavy atom. The van der Waals surface area contributed by atoms with Gasteiger partial charge >= 0.3 is 0 Å². The normalized spacial score (nSPS) is 23.8. The van der Waals surface area contributed by atoms with Crippen molar-refractivity contribution in [1.29, 1.82) is 0 Å². The van der Waals surface area contributed by atoms with Crippen LogP contribution in [0.4, 0.5) is 0 Å². The Hall–Kier alpha value is -0.610. The van der Waals surface area contributed by atoms with Crippen molar-refractivity contribution in [3.05, 3.63) is 0 Å². The van der Waals surface area contributed by atoms with E-state index in [0.29, 0.717) is 0 Å². The molecule has 4 heteroatoms. The van der Waals surface area contributed by atoms with Gasteiger partial charge in [-0.1, -0.05) is 0 Å². The molecule has 0 atom stereocenters. The summed E-state index contributed by atoms with van der Waals surface area (Å²) in [6.07, 6.45) is 6.46. The zero-order valence-electron chi connectivity index (χ0n) is 12.4. The Morgan fingerprint density at radius 3 is 2.11 bits per heavy atom. The van der Waals surface area contributed by atoms with Gasteiger partial charge in [-0.2, -0.15) is 0 Å². The third-order valence-corrected chi connectivity index (χ3v) is 4.74. The maximum Gasteiger partial charge on any atom is 0.248 e. The standard InChI is InChI=1S/C15H28N2O2/c1-16-7-3-13(4-8-16)11-14-5-9-17(10-6-14)15(18)12-19-2/h13-14H,3-12H2,1-2H3. The van der Waals surface area contributed by atoms with E-state index in [4.69, 9.17) is 4.74 Å². The number of piperidine rings is 2. The quantitative estimate of drug-likeness (QED) is 0.776. The predicted molar refractivity (Wildman–Crippen MR) is 76.0 cm³/mol. The Balaban J connectivity index is 1.67.